The first-order chi connectivity index (χ1) is 10.8. The molecule has 0 spiro atoms. The van der Waals surface area contributed by atoms with E-state index in [2.05, 4.69) is 5.32 Å². The molecule has 0 atom stereocenters. The fraction of sp³-hybridized carbons (Fsp3) is 0.250. The maximum atomic E-state index is 12.9. The molecule has 124 valence electrons. The quantitative estimate of drug-likeness (QED) is 0.808. The lowest BCUT2D eigenvalue weighted by Gasteiger charge is -2.14. The number of halogens is 4. The van der Waals surface area contributed by atoms with Crippen LogP contribution in [0.5, 0.6) is 0 Å². The van der Waals surface area contributed by atoms with Crippen molar-refractivity contribution < 1.29 is 18.3 Å². The van der Waals surface area contributed by atoms with E-state index >= 15 is 0 Å². The largest absolute Gasteiger partial charge is 0.416 e. The van der Waals surface area contributed by atoms with Gasteiger partial charge in [-0.1, -0.05) is 23.4 Å². The van der Waals surface area contributed by atoms with E-state index in [1.165, 1.54) is 17.8 Å². The SMILES string of the molecule is CNCc1cc(C(F)(F)F)ccc1Sc1ccc(Cl)cc1CO. The van der Waals surface area contributed by atoms with Gasteiger partial charge in [-0.15, -0.1) is 0 Å². The predicted octanol–water partition coefficient (Wildman–Crippen LogP) is 4.72. The molecule has 0 unspecified atom stereocenters. The van der Waals surface area contributed by atoms with Gasteiger partial charge in [-0.2, -0.15) is 13.2 Å². The van der Waals surface area contributed by atoms with Crippen LogP contribution in [-0.2, 0) is 19.3 Å². The summed E-state index contributed by atoms with van der Waals surface area (Å²) in [5.41, 5.74) is 0.509. The smallest absolute Gasteiger partial charge is 0.392 e. The number of hydrogen-bond acceptors (Lipinski definition) is 3. The molecule has 0 aliphatic heterocycles. The summed E-state index contributed by atoms with van der Waals surface area (Å²) in [6.45, 7) is 0.124. The highest BCUT2D eigenvalue weighted by molar-refractivity contribution is 7.99. The molecule has 0 saturated carbocycles. The van der Waals surface area contributed by atoms with Gasteiger partial charge in [-0.25, -0.2) is 0 Å². The second-order valence-electron chi connectivity index (χ2n) is 4.86. The Hall–Kier alpha value is -1.21. The molecule has 0 aliphatic carbocycles. The minimum absolute atomic E-state index is 0.190. The topological polar surface area (TPSA) is 32.3 Å². The molecule has 0 aromatic heterocycles. The Morgan fingerprint density at radius 1 is 1.09 bits per heavy atom. The minimum atomic E-state index is -4.37. The van der Waals surface area contributed by atoms with Crippen molar-refractivity contribution in [2.45, 2.75) is 29.1 Å². The molecule has 0 amide bonds. The van der Waals surface area contributed by atoms with E-state index < -0.39 is 11.7 Å². The van der Waals surface area contributed by atoms with E-state index in [0.29, 0.717) is 27.6 Å². The van der Waals surface area contributed by atoms with Crippen LogP contribution in [0.2, 0.25) is 5.02 Å². The molecule has 2 aromatic rings. The average Bonchev–Trinajstić information content (AvgIpc) is 2.49. The fourth-order valence-electron chi connectivity index (χ4n) is 2.07. The van der Waals surface area contributed by atoms with Crippen molar-refractivity contribution >= 4 is 23.4 Å². The van der Waals surface area contributed by atoms with Gasteiger partial charge < -0.3 is 10.4 Å². The van der Waals surface area contributed by atoms with Crippen molar-refractivity contribution in [3.05, 3.63) is 58.1 Å². The van der Waals surface area contributed by atoms with Gasteiger partial charge in [0.2, 0.25) is 0 Å². The van der Waals surface area contributed by atoms with Crippen LogP contribution < -0.4 is 5.32 Å². The Morgan fingerprint density at radius 2 is 1.74 bits per heavy atom. The van der Waals surface area contributed by atoms with Gasteiger partial charge in [0, 0.05) is 21.4 Å². The maximum Gasteiger partial charge on any atom is 0.416 e. The van der Waals surface area contributed by atoms with Crippen molar-refractivity contribution in [3.8, 4) is 0 Å². The van der Waals surface area contributed by atoms with Gasteiger partial charge in [0.15, 0.2) is 0 Å². The van der Waals surface area contributed by atoms with Crippen molar-refractivity contribution in [2.75, 3.05) is 7.05 Å². The average molecular weight is 362 g/mol. The molecule has 2 nitrogen and oxygen atoms in total. The van der Waals surface area contributed by atoms with Gasteiger partial charge in [-0.05, 0) is 54.6 Å². The van der Waals surface area contributed by atoms with E-state index in [4.69, 9.17) is 11.6 Å². The summed E-state index contributed by atoms with van der Waals surface area (Å²) in [5.74, 6) is 0. The Morgan fingerprint density at radius 3 is 2.35 bits per heavy atom. The second kappa shape index (κ2) is 7.57. The number of rotatable bonds is 5. The number of hydrogen-bond donors (Lipinski definition) is 2. The van der Waals surface area contributed by atoms with Crippen LogP contribution >= 0.6 is 23.4 Å². The van der Waals surface area contributed by atoms with Gasteiger partial charge in [0.1, 0.15) is 0 Å². The number of aliphatic hydroxyl groups excluding tert-OH is 1. The van der Waals surface area contributed by atoms with Crippen molar-refractivity contribution in [3.63, 3.8) is 0 Å². The number of alkyl halides is 3. The highest BCUT2D eigenvalue weighted by Gasteiger charge is 2.31. The van der Waals surface area contributed by atoms with Crippen LogP contribution in [0.3, 0.4) is 0 Å². The summed E-state index contributed by atoms with van der Waals surface area (Å²) in [5, 5.41) is 12.8. The van der Waals surface area contributed by atoms with Gasteiger partial charge in [-0.3, -0.25) is 0 Å². The summed E-state index contributed by atoms with van der Waals surface area (Å²) < 4.78 is 38.6. The number of nitrogens with one attached hydrogen (secondary N) is 1. The van der Waals surface area contributed by atoms with E-state index in [9.17, 15) is 18.3 Å². The van der Waals surface area contributed by atoms with E-state index in [0.717, 1.165) is 17.0 Å². The molecule has 0 radical (unpaired) electrons. The number of aliphatic hydroxyl groups is 1. The van der Waals surface area contributed by atoms with Gasteiger partial charge in [0.25, 0.3) is 0 Å². The Balaban J connectivity index is 2.39. The Bertz CT molecular complexity index is 692. The van der Waals surface area contributed by atoms with Crippen molar-refractivity contribution in [2.24, 2.45) is 0 Å². The lowest BCUT2D eigenvalue weighted by Crippen LogP contribution is -2.10. The molecule has 0 fully saturated rings. The monoisotopic (exact) mass is 361 g/mol. The van der Waals surface area contributed by atoms with E-state index in [-0.39, 0.29) is 6.61 Å². The lowest BCUT2D eigenvalue weighted by atomic mass is 10.1. The first-order valence-corrected chi connectivity index (χ1v) is 7.96. The van der Waals surface area contributed by atoms with Crippen LogP contribution in [0.15, 0.2) is 46.2 Å². The standard InChI is InChI=1S/C16H15ClF3NOS/c1-21-8-10-6-12(16(18,19)20)2-4-14(10)23-15-5-3-13(17)7-11(15)9-22/h2-7,21-22H,8-9H2,1H3. The molecule has 0 heterocycles. The lowest BCUT2D eigenvalue weighted by molar-refractivity contribution is -0.137. The molecule has 2 rings (SSSR count). The highest BCUT2D eigenvalue weighted by Crippen LogP contribution is 2.37. The molecule has 0 bridgehead atoms. The zero-order valence-corrected chi connectivity index (χ0v) is 13.8. The molecule has 0 aliphatic rings. The third-order valence-corrected chi connectivity index (χ3v) is 4.64. The zero-order valence-electron chi connectivity index (χ0n) is 12.2. The third-order valence-electron chi connectivity index (χ3n) is 3.17. The van der Waals surface area contributed by atoms with Crippen LogP contribution in [0, 0.1) is 0 Å². The first-order valence-electron chi connectivity index (χ1n) is 6.77. The molecule has 2 aromatic carbocycles. The van der Waals surface area contributed by atoms with E-state index in [1.54, 1.807) is 25.2 Å². The third kappa shape index (κ3) is 4.64. The van der Waals surface area contributed by atoms with Crippen molar-refractivity contribution in [1.82, 2.24) is 5.32 Å². The highest BCUT2D eigenvalue weighted by atomic mass is 35.5. The van der Waals surface area contributed by atoms with Gasteiger partial charge >= 0.3 is 6.18 Å². The second-order valence-corrected chi connectivity index (χ2v) is 6.38. The minimum Gasteiger partial charge on any atom is -0.392 e. The predicted molar refractivity (Wildman–Crippen MR) is 85.7 cm³/mol. The summed E-state index contributed by atoms with van der Waals surface area (Å²) in [7, 11) is 1.68. The van der Waals surface area contributed by atoms with Crippen molar-refractivity contribution in [1.29, 1.82) is 0 Å². The molecular formula is C16H15ClF3NOS. The Labute approximate surface area is 141 Å². The van der Waals surface area contributed by atoms with E-state index in [1.807, 2.05) is 0 Å². The molecular weight excluding hydrogens is 347 g/mol. The summed E-state index contributed by atoms with van der Waals surface area (Å²) in [4.78, 5) is 1.46. The van der Waals surface area contributed by atoms with Gasteiger partial charge in [0.05, 0.1) is 12.2 Å². The first kappa shape index (κ1) is 18.1. The number of benzene rings is 2. The van der Waals surface area contributed by atoms with Crippen LogP contribution in [-0.4, -0.2) is 12.2 Å². The van der Waals surface area contributed by atoms with Crippen LogP contribution in [0.4, 0.5) is 13.2 Å². The fourth-order valence-corrected chi connectivity index (χ4v) is 3.29. The van der Waals surface area contributed by atoms with Crippen LogP contribution in [0.25, 0.3) is 0 Å². The molecule has 2 N–H and O–H groups in total. The molecule has 23 heavy (non-hydrogen) atoms. The zero-order chi connectivity index (χ0) is 17.0. The summed E-state index contributed by atoms with van der Waals surface area (Å²) in [6, 6.07) is 8.75. The maximum absolute atomic E-state index is 12.9. The van der Waals surface area contributed by atoms with Crippen LogP contribution in [0.1, 0.15) is 16.7 Å². The molecule has 0 saturated heterocycles. The normalized spacial score (nSPS) is 11.7. The molecule has 7 heteroatoms. The summed E-state index contributed by atoms with van der Waals surface area (Å²) >= 11 is 7.20. The summed E-state index contributed by atoms with van der Waals surface area (Å²) in [6.07, 6.45) is -4.37. The Kier molecular flexibility index (Phi) is 5.97.